The zero-order valence-corrected chi connectivity index (χ0v) is 16.5. The summed E-state index contributed by atoms with van der Waals surface area (Å²) in [6.45, 7) is 23.3. The summed E-state index contributed by atoms with van der Waals surface area (Å²) in [7, 11) is 0. The van der Waals surface area contributed by atoms with Gasteiger partial charge in [0.05, 0.1) is 11.2 Å². The second kappa shape index (κ2) is 8.56. The van der Waals surface area contributed by atoms with Crippen molar-refractivity contribution in [3.63, 3.8) is 0 Å². The van der Waals surface area contributed by atoms with Crippen molar-refractivity contribution in [2.45, 2.75) is 106 Å². The minimum absolute atomic E-state index is 0.00153. The van der Waals surface area contributed by atoms with Gasteiger partial charge in [0, 0.05) is 0 Å². The zero-order chi connectivity index (χ0) is 16.8. The SMILES string of the molecule is CCC(C)C(CC)(OC(CC)(C(C)C)C(C)CC)C(C)C. The molecule has 0 aliphatic heterocycles. The van der Waals surface area contributed by atoms with Crippen molar-refractivity contribution < 1.29 is 4.74 Å². The molecular formula is C20H42O. The van der Waals surface area contributed by atoms with E-state index in [1.807, 2.05) is 0 Å². The quantitative estimate of drug-likeness (QED) is 0.436. The molecule has 0 amide bonds. The van der Waals surface area contributed by atoms with Crippen LogP contribution in [0.4, 0.5) is 0 Å². The summed E-state index contributed by atoms with van der Waals surface area (Å²) >= 11 is 0. The summed E-state index contributed by atoms with van der Waals surface area (Å²) in [6.07, 6.45) is 4.57. The molecule has 0 saturated heterocycles. The average molecular weight is 299 g/mol. The summed E-state index contributed by atoms with van der Waals surface area (Å²) in [5.41, 5.74) is -0.00306. The number of hydrogen-bond acceptors (Lipinski definition) is 1. The topological polar surface area (TPSA) is 9.23 Å². The first kappa shape index (κ1) is 21.0. The van der Waals surface area contributed by atoms with Crippen LogP contribution in [0.3, 0.4) is 0 Å². The van der Waals surface area contributed by atoms with E-state index < -0.39 is 0 Å². The van der Waals surface area contributed by atoms with Crippen molar-refractivity contribution >= 4 is 0 Å². The molecule has 0 aromatic heterocycles. The molecule has 4 atom stereocenters. The molecule has 0 aliphatic rings. The molecule has 0 radical (unpaired) electrons. The summed E-state index contributed by atoms with van der Waals surface area (Å²) in [6, 6.07) is 0. The highest BCUT2D eigenvalue weighted by molar-refractivity contribution is 4.96. The molecule has 21 heavy (non-hydrogen) atoms. The van der Waals surface area contributed by atoms with Crippen LogP contribution >= 0.6 is 0 Å². The van der Waals surface area contributed by atoms with E-state index in [2.05, 4.69) is 69.2 Å². The smallest absolute Gasteiger partial charge is 0.0735 e. The lowest BCUT2D eigenvalue weighted by molar-refractivity contribution is -0.240. The lowest BCUT2D eigenvalue weighted by Crippen LogP contribution is -2.56. The molecule has 128 valence electrons. The van der Waals surface area contributed by atoms with Crippen molar-refractivity contribution in [1.29, 1.82) is 0 Å². The van der Waals surface area contributed by atoms with Gasteiger partial charge >= 0.3 is 0 Å². The van der Waals surface area contributed by atoms with Gasteiger partial charge in [0.25, 0.3) is 0 Å². The van der Waals surface area contributed by atoms with E-state index in [-0.39, 0.29) is 11.2 Å². The summed E-state index contributed by atoms with van der Waals surface area (Å²) in [5, 5.41) is 0. The largest absolute Gasteiger partial charge is 0.367 e. The Morgan fingerprint density at radius 1 is 0.619 bits per heavy atom. The minimum atomic E-state index is -0.00153. The lowest BCUT2D eigenvalue weighted by atomic mass is 9.71. The van der Waals surface area contributed by atoms with E-state index in [0.717, 1.165) is 12.8 Å². The summed E-state index contributed by atoms with van der Waals surface area (Å²) in [4.78, 5) is 0. The van der Waals surface area contributed by atoms with Crippen LogP contribution in [0.25, 0.3) is 0 Å². The van der Waals surface area contributed by atoms with E-state index in [1.54, 1.807) is 0 Å². The first-order valence-electron chi connectivity index (χ1n) is 9.38. The number of rotatable bonds is 10. The second-order valence-electron chi connectivity index (χ2n) is 7.65. The van der Waals surface area contributed by atoms with Crippen LogP contribution in [0.5, 0.6) is 0 Å². The van der Waals surface area contributed by atoms with E-state index in [1.165, 1.54) is 12.8 Å². The third kappa shape index (κ3) is 4.03. The Morgan fingerprint density at radius 2 is 0.905 bits per heavy atom. The molecule has 0 aromatic carbocycles. The van der Waals surface area contributed by atoms with Crippen LogP contribution in [0.2, 0.25) is 0 Å². The average Bonchev–Trinajstić information content (AvgIpc) is 2.47. The molecule has 4 unspecified atom stereocenters. The fourth-order valence-corrected chi connectivity index (χ4v) is 4.28. The van der Waals surface area contributed by atoms with Gasteiger partial charge in [-0.2, -0.15) is 0 Å². The minimum Gasteiger partial charge on any atom is -0.367 e. The maximum absolute atomic E-state index is 7.15. The molecule has 0 bridgehead atoms. The Balaban J connectivity index is 5.82. The van der Waals surface area contributed by atoms with Gasteiger partial charge in [-0.15, -0.1) is 0 Å². The van der Waals surface area contributed by atoms with E-state index in [0.29, 0.717) is 23.7 Å². The Labute approximate surface area is 135 Å². The van der Waals surface area contributed by atoms with Crippen LogP contribution in [0, 0.1) is 23.7 Å². The van der Waals surface area contributed by atoms with Crippen molar-refractivity contribution in [3.05, 3.63) is 0 Å². The third-order valence-corrected chi connectivity index (χ3v) is 6.33. The van der Waals surface area contributed by atoms with E-state index >= 15 is 0 Å². The first-order chi connectivity index (χ1) is 9.68. The predicted molar refractivity (Wildman–Crippen MR) is 95.7 cm³/mol. The number of hydrogen-bond donors (Lipinski definition) is 0. The van der Waals surface area contributed by atoms with E-state index in [4.69, 9.17) is 4.74 Å². The Kier molecular flexibility index (Phi) is 8.54. The predicted octanol–water partition coefficient (Wildman–Crippen LogP) is 6.70. The molecule has 0 heterocycles. The maximum Gasteiger partial charge on any atom is 0.0735 e. The van der Waals surface area contributed by atoms with Crippen molar-refractivity contribution in [1.82, 2.24) is 0 Å². The highest BCUT2D eigenvalue weighted by Crippen LogP contribution is 2.46. The molecule has 0 fully saturated rings. The van der Waals surface area contributed by atoms with Gasteiger partial charge in [-0.3, -0.25) is 0 Å². The van der Waals surface area contributed by atoms with Gasteiger partial charge in [-0.25, -0.2) is 0 Å². The van der Waals surface area contributed by atoms with Crippen molar-refractivity contribution in [2.75, 3.05) is 0 Å². The third-order valence-electron chi connectivity index (χ3n) is 6.33. The van der Waals surface area contributed by atoms with Gasteiger partial charge in [-0.1, -0.05) is 82.1 Å². The van der Waals surface area contributed by atoms with Gasteiger partial charge in [0.2, 0.25) is 0 Å². The van der Waals surface area contributed by atoms with Crippen LogP contribution in [0.1, 0.15) is 94.9 Å². The molecular weight excluding hydrogens is 256 g/mol. The number of ether oxygens (including phenoxy) is 1. The molecule has 0 N–H and O–H groups in total. The molecule has 0 saturated carbocycles. The highest BCUT2D eigenvalue weighted by Gasteiger charge is 2.48. The van der Waals surface area contributed by atoms with Gasteiger partial charge in [-0.05, 0) is 36.5 Å². The van der Waals surface area contributed by atoms with Crippen molar-refractivity contribution in [2.24, 2.45) is 23.7 Å². The fourth-order valence-electron chi connectivity index (χ4n) is 4.28. The molecule has 0 aromatic rings. The monoisotopic (exact) mass is 298 g/mol. The normalized spacial score (nSPS) is 21.1. The Bertz CT molecular complexity index is 256. The van der Waals surface area contributed by atoms with Crippen LogP contribution in [-0.4, -0.2) is 11.2 Å². The highest BCUT2D eigenvalue weighted by atomic mass is 16.5. The summed E-state index contributed by atoms with van der Waals surface area (Å²) in [5.74, 6) is 2.28. The Hall–Kier alpha value is -0.0400. The summed E-state index contributed by atoms with van der Waals surface area (Å²) < 4.78 is 7.15. The van der Waals surface area contributed by atoms with Gasteiger partial charge < -0.3 is 4.74 Å². The van der Waals surface area contributed by atoms with Crippen LogP contribution in [0.15, 0.2) is 0 Å². The van der Waals surface area contributed by atoms with Crippen molar-refractivity contribution in [3.8, 4) is 0 Å². The molecule has 1 nitrogen and oxygen atoms in total. The maximum atomic E-state index is 7.15. The molecule has 0 rings (SSSR count). The van der Waals surface area contributed by atoms with Gasteiger partial charge in [0.1, 0.15) is 0 Å². The molecule has 1 heteroatoms. The lowest BCUT2D eigenvalue weighted by Gasteiger charge is -2.53. The van der Waals surface area contributed by atoms with Crippen LogP contribution < -0.4 is 0 Å². The first-order valence-corrected chi connectivity index (χ1v) is 9.38. The second-order valence-corrected chi connectivity index (χ2v) is 7.65. The standard InChI is InChI=1S/C20H42O/c1-11-17(9)19(13-3,15(5)6)21-20(14-4,16(7)8)18(10)12-2/h15-18H,11-14H2,1-10H3. The van der Waals surface area contributed by atoms with Crippen LogP contribution in [-0.2, 0) is 4.74 Å². The molecule has 0 aliphatic carbocycles. The molecule has 0 spiro atoms. The zero-order valence-electron chi connectivity index (χ0n) is 16.5. The fraction of sp³-hybridized carbons (Fsp3) is 1.00. The van der Waals surface area contributed by atoms with E-state index in [9.17, 15) is 0 Å². The Morgan fingerprint density at radius 3 is 1.05 bits per heavy atom. The van der Waals surface area contributed by atoms with Gasteiger partial charge in [0.15, 0.2) is 0 Å².